The lowest BCUT2D eigenvalue weighted by molar-refractivity contribution is -0.115. The van der Waals surface area contributed by atoms with Crippen molar-refractivity contribution in [1.82, 2.24) is 0 Å². The largest absolute Gasteiger partial charge is 0.495 e. The molecule has 2 aromatic rings. The van der Waals surface area contributed by atoms with Gasteiger partial charge in [-0.2, -0.15) is 0 Å². The molecule has 4 nitrogen and oxygen atoms in total. The van der Waals surface area contributed by atoms with Gasteiger partial charge in [0.25, 0.3) is 0 Å². The van der Waals surface area contributed by atoms with E-state index >= 15 is 0 Å². The molecule has 0 bridgehead atoms. The predicted molar refractivity (Wildman–Crippen MR) is 97.9 cm³/mol. The van der Waals surface area contributed by atoms with Crippen molar-refractivity contribution in [3.05, 3.63) is 53.6 Å². The van der Waals surface area contributed by atoms with Gasteiger partial charge in [0.05, 0.1) is 19.3 Å². The van der Waals surface area contributed by atoms with Crippen molar-refractivity contribution in [1.29, 1.82) is 0 Å². The van der Waals surface area contributed by atoms with E-state index in [9.17, 15) is 4.79 Å². The third-order valence-corrected chi connectivity index (χ3v) is 4.61. The fraction of sp³-hybridized carbons (Fsp3) is 0.350. The van der Waals surface area contributed by atoms with Gasteiger partial charge < -0.3 is 15.0 Å². The van der Waals surface area contributed by atoms with E-state index in [0.717, 1.165) is 24.1 Å². The zero-order valence-corrected chi connectivity index (χ0v) is 14.5. The van der Waals surface area contributed by atoms with E-state index in [1.165, 1.54) is 11.3 Å². The van der Waals surface area contributed by atoms with Gasteiger partial charge >= 0.3 is 0 Å². The number of hydrogen-bond acceptors (Lipinski definition) is 3. The topological polar surface area (TPSA) is 41.6 Å². The molecule has 1 aliphatic heterocycles. The molecule has 0 fully saturated rings. The molecule has 4 heteroatoms. The second kappa shape index (κ2) is 6.95. The van der Waals surface area contributed by atoms with Gasteiger partial charge in [-0.05, 0) is 56.0 Å². The lowest BCUT2D eigenvalue weighted by atomic mass is 9.96. The Kier molecular flexibility index (Phi) is 4.74. The van der Waals surface area contributed by atoms with Gasteiger partial charge in [-0.3, -0.25) is 4.79 Å². The van der Waals surface area contributed by atoms with E-state index < -0.39 is 0 Å². The van der Waals surface area contributed by atoms with Crippen molar-refractivity contribution in [3.63, 3.8) is 0 Å². The molecule has 0 saturated carbocycles. The Morgan fingerprint density at radius 1 is 1.29 bits per heavy atom. The lowest BCUT2D eigenvalue weighted by Gasteiger charge is -2.36. The second-order valence-corrected chi connectivity index (χ2v) is 6.40. The van der Waals surface area contributed by atoms with Crippen LogP contribution in [0.4, 0.5) is 11.4 Å². The number of carbonyl (C=O) groups is 1. The van der Waals surface area contributed by atoms with Crippen LogP contribution >= 0.6 is 0 Å². The zero-order valence-electron chi connectivity index (χ0n) is 14.5. The molecule has 126 valence electrons. The summed E-state index contributed by atoms with van der Waals surface area (Å²) in [5, 5.41) is 3.00. The van der Waals surface area contributed by atoms with Crippen LogP contribution in [0.2, 0.25) is 0 Å². The molecule has 3 rings (SSSR count). The fourth-order valence-corrected chi connectivity index (χ4v) is 3.27. The van der Waals surface area contributed by atoms with E-state index in [-0.39, 0.29) is 5.91 Å². The molecular formula is C20H24N2O2. The van der Waals surface area contributed by atoms with Crippen LogP contribution in [0.1, 0.15) is 24.5 Å². The Balaban J connectivity index is 1.77. The molecule has 0 saturated heterocycles. The van der Waals surface area contributed by atoms with Gasteiger partial charge in [-0.25, -0.2) is 0 Å². The van der Waals surface area contributed by atoms with Gasteiger partial charge in [-0.15, -0.1) is 0 Å². The molecule has 0 aliphatic carbocycles. The number of carbonyl (C=O) groups excluding carboxylic acids is 1. The number of hydrogen-bond donors (Lipinski definition) is 1. The molecule has 0 aromatic heterocycles. The Morgan fingerprint density at radius 2 is 2.08 bits per heavy atom. The van der Waals surface area contributed by atoms with Crippen LogP contribution in [0.25, 0.3) is 0 Å². The van der Waals surface area contributed by atoms with Gasteiger partial charge in [-0.1, -0.05) is 24.3 Å². The molecule has 1 amide bonds. The molecule has 24 heavy (non-hydrogen) atoms. The normalized spacial score (nSPS) is 16.5. The maximum Gasteiger partial charge on any atom is 0.244 e. The van der Waals surface area contributed by atoms with Gasteiger partial charge in [0, 0.05) is 11.7 Å². The SMILES string of the molecule is COc1ccc(C)cc1NC(=O)CN1c2ccccc2CC[C@H]1C. The van der Waals surface area contributed by atoms with Crippen LogP contribution in [-0.4, -0.2) is 25.6 Å². The highest BCUT2D eigenvalue weighted by Gasteiger charge is 2.24. The third-order valence-electron chi connectivity index (χ3n) is 4.61. The van der Waals surface area contributed by atoms with Crippen LogP contribution < -0.4 is 15.0 Å². The van der Waals surface area contributed by atoms with Crippen molar-refractivity contribution in [2.45, 2.75) is 32.7 Å². The van der Waals surface area contributed by atoms with Crippen LogP contribution in [0.5, 0.6) is 5.75 Å². The molecule has 0 unspecified atom stereocenters. The molecule has 1 atom stereocenters. The highest BCUT2D eigenvalue weighted by molar-refractivity contribution is 5.95. The molecule has 0 radical (unpaired) electrons. The molecule has 1 aliphatic rings. The van der Waals surface area contributed by atoms with E-state index in [0.29, 0.717) is 18.3 Å². The van der Waals surface area contributed by atoms with Crippen molar-refractivity contribution in [2.24, 2.45) is 0 Å². The summed E-state index contributed by atoms with van der Waals surface area (Å²) in [6, 6.07) is 14.5. The standard InChI is InChI=1S/C20H24N2O2/c1-14-8-11-19(24-3)17(12-14)21-20(23)13-22-15(2)9-10-16-6-4-5-7-18(16)22/h4-8,11-12,15H,9-10,13H2,1-3H3,(H,21,23)/t15-/m1/s1. The van der Waals surface area contributed by atoms with Crippen molar-refractivity contribution < 1.29 is 9.53 Å². The summed E-state index contributed by atoms with van der Waals surface area (Å²) in [6.45, 7) is 4.52. The number of nitrogens with zero attached hydrogens (tertiary/aromatic N) is 1. The van der Waals surface area contributed by atoms with Crippen LogP contribution in [0, 0.1) is 6.92 Å². The monoisotopic (exact) mass is 324 g/mol. The van der Waals surface area contributed by atoms with Gasteiger partial charge in [0.1, 0.15) is 5.75 Å². The lowest BCUT2D eigenvalue weighted by Crippen LogP contribution is -2.42. The van der Waals surface area contributed by atoms with Crippen molar-refractivity contribution >= 4 is 17.3 Å². The minimum absolute atomic E-state index is 0.0255. The summed E-state index contributed by atoms with van der Waals surface area (Å²) in [7, 11) is 1.61. The fourth-order valence-electron chi connectivity index (χ4n) is 3.27. The summed E-state index contributed by atoms with van der Waals surface area (Å²) in [5.74, 6) is 0.656. The highest BCUT2D eigenvalue weighted by Crippen LogP contribution is 2.30. The van der Waals surface area contributed by atoms with E-state index in [2.05, 4.69) is 35.3 Å². The molecule has 0 spiro atoms. The number of anilines is 2. The quantitative estimate of drug-likeness (QED) is 0.930. The number of amides is 1. The predicted octanol–water partition coefficient (Wildman–Crippen LogP) is 3.78. The van der Waals surface area contributed by atoms with Crippen LogP contribution in [0.15, 0.2) is 42.5 Å². The minimum Gasteiger partial charge on any atom is -0.495 e. The third kappa shape index (κ3) is 3.37. The number of fused-ring (bicyclic) bond motifs is 1. The molecular weight excluding hydrogens is 300 g/mol. The molecule has 2 aromatic carbocycles. The van der Waals surface area contributed by atoms with Crippen molar-refractivity contribution in [2.75, 3.05) is 23.9 Å². The first-order chi connectivity index (χ1) is 11.6. The van der Waals surface area contributed by atoms with E-state index in [4.69, 9.17) is 4.74 Å². The first-order valence-electron chi connectivity index (χ1n) is 8.37. The van der Waals surface area contributed by atoms with Crippen molar-refractivity contribution in [3.8, 4) is 5.75 Å². The Morgan fingerprint density at radius 3 is 2.88 bits per heavy atom. The number of ether oxygens (including phenoxy) is 1. The summed E-state index contributed by atoms with van der Waals surface area (Å²) in [5.41, 5.74) is 4.29. The highest BCUT2D eigenvalue weighted by atomic mass is 16.5. The number of aryl methyl sites for hydroxylation is 2. The molecule has 1 heterocycles. The smallest absolute Gasteiger partial charge is 0.244 e. The zero-order chi connectivity index (χ0) is 17.1. The Bertz CT molecular complexity index is 742. The number of methoxy groups -OCH3 is 1. The first kappa shape index (κ1) is 16.4. The summed E-state index contributed by atoms with van der Waals surface area (Å²) >= 11 is 0. The average Bonchev–Trinajstić information content (AvgIpc) is 2.58. The number of para-hydroxylation sites is 1. The van der Waals surface area contributed by atoms with E-state index in [1.54, 1.807) is 7.11 Å². The minimum atomic E-state index is -0.0255. The summed E-state index contributed by atoms with van der Waals surface area (Å²) in [4.78, 5) is 14.8. The first-order valence-corrected chi connectivity index (χ1v) is 8.37. The maximum absolute atomic E-state index is 12.6. The van der Waals surface area contributed by atoms with Crippen LogP contribution in [-0.2, 0) is 11.2 Å². The van der Waals surface area contributed by atoms with Gasteiger partial charge in [0.15, 0.2) is 0 Å². The van der Waals surface area contributed by atoms with Crippen LogP contribution in [0.3, 0.4) is 0 Å². The summed E-state index contributed by atoms with van der Waals surface area (Å²) < 4.78 is 5.34. The number of rotatable bonds is 4. The number of benzene rings is 2. The molecule has 1 N–H and O–H groups in total. The average molecular weight is 324 g/mol. The summed E-state index contributed by atoms with van der Waals surface area (Å²) in [6.07, 6.45) is 2.14. The Hall–Kier alpha value is -2.49. The second-order valence-electron chi connectivity index (χ2n) is 6.40. The maximum atomic E-state index is 12.6. The van der Waals surface area contributed by atoms with Gasteiger partial charge in [0.2, 0.25) is 5.91 Å². The van der Waals surface area contributed by atoms with E-state index in [1.807, 2.05) is 31.2 Å². The Labute approximate surface area is 143 Å². The number of nitrogens with one attached hydrogen (secondary N) is 1.